The first kappa shape index (κ1) is 25.4. The first-order valence-electron chi connectivity index (χ1n) is 11.6. The van der Waals surface area contributed by atoms with Gasteiger partial charge in [-0.3, -0.25) is 9.10 Å². The van der Waals surface area contributed by atoms with Crippen LogP contribution in [0.25, 0.3) is 0 Å². The lowest BCUT2D eigenvalue weighted by Gasteiger charge is -2.30. The van der Waals surface area contributed by atoms with Gasteiger partial charge in [-0.15, -0.1) is 0 Å². The Balaban J connectivity index is 1.38. The van der Waals surface area contributed by atoms with Gasteiger partial charge in [0.05, 0.1) is 24.8 Å². The van der Waals surface area contributed by atoms with Crippen LogP contribution in [0, 0.1) is 6.92 Å². The van der Waals surface area contributed by atoms with Gasteiger partial charge in [0, 0.05) is 13.1 Å². The maximum atomic E-state index is 13.4. The molecule has 3 aromatic rings. The highest BCUT2D eigenvalue weighted by molar-refractivity contribution is 7.92. The van der Waals surface area contributed by atoms with Crippen LogP contribution in [0.5, 0.6) is 17.2 Å². The lowest BCUT2D eigenvalue weighted by Crippen LogP contribution is -2.35. The molecule has 1 aliphatic rings. The third-order valence-corrected chi connectivity index (χ3v) is 7.91. The number of hydrogen-bond acceptors (Lipinski definition) is 6. The summed E-state index contributed by atoms with van der Waals surface area (Å²) in [6.45, 7) is 2.31. The average Bonchev–Trinajstić information content (AvgIpc) is 2.90. The van der Waals surface area contributed by atoms with Gasteiger partial charge in [0.1, 0.15) is 5.75 Å². The molecule has 0 unspecified atom stereocenters. The van der Waals surface area contributed by atoms with Gasteiger partial charge < -0.3 is 19.5 Å². The number of carbonyl (C=O) groups is 1. The van der Waals surface area contributed by atoms with Crippen molar-refractivity contribution < 1.29 is 27.4 Å². The van der Waals surface area contributed by atoms with Gasteiger partial charge in [-0.2, -0.15) is 0 Å². The lowest BCUT2D eigenvalue weighted by molar-refractivity contribution is -0.123. The molecule has 0 saturated heterocycles. The van der Waals surface area contributed by atoms with E-state index in [1.165, 1.54) is 10.4 Å². The number of nitrogens with one attached hydrogen (secondary N) is 1. The second-order valence-electron chi connectivity index (χ2n) is 8.49. The lowest BCUT2D eigenvalue weighted by atomic mass is 10.0. The summed E-state index contributed by atoms with van der Waals surface area (Å²) in [6, 6.07) is 17.7. The Kier molecular flexibility index (Phi) is 7.69. The highest BCUT2D eigenvalue weighted by atomic mass is 32.2. The molecule has 0 spiro atoms. The molecule has 0 aliphatic carbocycles. The van der Waals surface area contributed by atoms with E-state index < -0.39 is 10.0 Å². The van der Waals surface area contributed by atoms with Crippen LogP contribution in [-0.2, 0) is 27.8 Å². The molecule has 36 heavy (non-hydrogen) atoms. The summed E-state index contributed by atoms with van der Waals surface area (Å²) in [4.78, 5) is 12.5. The van der Waals surface area contributed by atoms with E-state index in [2.05, 4.69) is 5.32 Å². The van der Waals surface area contributed by atoms with Crippen molar-refractivity contribution in [1.82, 2.24) is 5.32 Å². The number of aryl methyl sites for hydroxylation is 2. The van der Waals surface area contributed by atoms with E-state index in [-0.39, 0.29) is 17.4 Å². The Labute approximate surface area is 211 Å². The number of hydrogen-bond donors (Lipinski definition) is 1. The quantitative estimate of drug-likeness (QED) is 0.470. The molecule has 1 amide bonds. The number of anilines is 1. The Morgan fingerprint density at radius 2 is 1.72 bits per heavy atom. The van der Waals surface area contributed by atoms with Crippen LogP contribution in [0.4, 0.5) is 5.69 Å². The molecule has 1 aliphatic heterocycles. The molecule has 3 aromatic carbocycles. The van der Waals surface area contributed by atoms with Crippen molar-refractivity contribution in [3.05, 3.63) is 77.4 Å². The fourth-order valence-corrected chi connectivity index (χ4v) is 5.83. The molecule has 190 valence electrons. The van der Waals surface area contributed by atoms with Gasteiger partial charge in [0.2, 0.25) is 0 Å². The van der Waals surface area contributed by atoms with Gasteiger partial charge >= 0.3 is 0 Å². The van der Waals surface area contributed by atoms with Crippen molar-refractivity contribution in [2.75, 3.05) is 31.7 Å². The minimum atomic E-state index is -3.72. The van der Waals surface area contributed by atoms with Crippen LogP contribution in [0.15, 0.2) is 65.6 Å². The number of methoxy groups -OCH3 is 2. The van der Waals surface area contributed by atoms with Gasteiger partial charge in [-0.05, 0) is 72.9 Å². The van der Waals surface area contributed by atoms with Crippen molar-refractivity contribution in [3.8, 4) is 17.2 Å². The van der Waals surface area contributed by atoms with Crippen LogP contribution in [0.1, 0.15) is 23.1 Å². The molecule has 0 atom stereocenters. The molecule has 1 heterocycles. The topological polar surface area (TPSA) is 94.2 Å². The number of amides is 1. The molecule has 0 aromatic heterocycles. The number of ether oxygens (including phenoxy) is 3. The summed E-state index contributed by atoms with van der Waals surface area (Å²) >= 11 is 0. The number of sulfonamides is 1. The van der Waals surface area contributed by atoms with Crippen LogP contribution in [0.2, 0.25) is 0 Å². The Morgan fingerprint density at radius 3 is 2.47 bits per heavy atom. The van der Waals surface area contributed by atoms with Crippen LogP contribution >= 0.6 is 0 Å². The minimum absolute atomic E-state index is 0.195. The molecule has 0 radical (unpaired) electrons. The summed E-state index contributed by atoms with van der Waals surface area (Å²) in [5.74, 6) is 1.35. The van der Waals surface area contributed by atoms with Gasteiger partial charge in [0.15, 0.2) is 18.1 Å². The van der Waals surface area contributed by atoms with Gasteiger partial charge in [-0.1, -0.05) is 24.3 Å². The average molecular weight is 511 g/mol. The van der Waals surface area contributed by atoms with Crippen LogP contribution in [-0.4, -0.2) is 41.7 Å². The molecular formula is C27H30N2O6S. The molecular weight excluding hydrogens is 480 g/mol. The number of fused-ring (bicyclic) bond motifs is 1. The SMILES string of the molecule is COc1ccc(CNC(=O)COc2ccc(S(=O)(=O)N3CCCc4ccccc43)cc2C)cc1OC. The van der Waals surface area contributed by atoms with Crippen molar-refractivity contribution in [2.24, 2.45) is 0 Å². The monoisotopic (exact) mass is 510 g/mol. The molecule has 1 N–H and O–H groups in total. The van der Waals surface area contributed by atoms with E-state index in [1.807, 2.05) is 30.3 Å². The van der Waals surface area contributed by atoms with Crippen molar-refractivity contribution in [2.45, 2.75) is 31.2 Å². The fourth-order valence-electron chi connectivity index (χ4n) is 4.21. The van der Waals surface area contributed by atoms with Gasteiger partial charge in [0.25, 0.3) is 15.9 Å². The highest BCUT2D eigenvalue weighted by Crippen LogP contribution is 2.33. The molecule has 0 bridgehead atoms. The second kappa shape index (κ2) is 10.9. The summed E-state index contributed by atoms with van der Waals surface area (Å²) in [5, 5.41) is 2.80. The smallest absolute Gasteiger partial charge is 0.264 e. The first-order chi connectivity index (χ1) is 17.3. The molecule has 0 fully saturated rings. The van der Waals surface area contributed by atoms with Crippen LogP contribution in [0.3, 0.4) is 0 Å². The molecule has 8 nitrogen and oxygen atoms in total. The standard InChI is InChI=1S/C27H30N2O6S/c1-19-15-22(36(31,32)29-14-6-8-21-7-4-5-9-23(21)29)11-13-24(19)35-18-27(30)28-17-20-10-12-25(33-2)26(16-20)34-3/h4-5,7,9-13,15-16H,6,8,14,17-18H2,1-3H3,(H,28,30). The number of para-hydroxylation sites is 1. The third-order valence-electron chi connectivity index (χ3n) is 6.10. The maximum absolute atomic E-state index is 13.4. The van der Waals surface area contributed by atoms with E-state index in [0.29, 0.717) is 35.9 Å². The largest absolute Gasteiger partial charge is 0.493 e. The predicted octanol–water partition coefficient (Wildman–Crippen LogP) is 3.85. The fraction of sp³-hybridized carbons (Fsp3) is 0.296. The zero-order valence-corrected chi connectivity index (χ0v) is 21.4. The van der Waals surface area contributed by atoms with E-state index in [0.717, 1.165) is 29.7 Å². The summed E-state index contributed by atoms with van der Waals surface area (Å²) in [7, 11) is -0.600. The maximum Gasteiger partial charge on any atom is 0.264 e. The number of carbonyl (C=O) groups excluding carboxylic acids is 1. The summed E-state index contributed by atoms with van der Waals surface area (Å²) in [6.07, 6.45) is 1.64. The van der Waals surface area contributed by atoms with Crippen molar-refractivity contribution in [3.63, 3.8) is 0 Å². The highest BCUT2D eigenvalue weighted by Gasteiger charge is 2.29. The van der Waals surface area contributed by atoms with E-state index in [4.69, 9.17) is 14.2 Å². The van der Waals surface area contributed by atoms with Crippen molar-refractivity contribution >= 4 is 21.6 Å². The molecule has 0 saturated carbocycles. The van der Waals surface area contributed by atoms with E-state index in [1.54, 1.807) is 45.4 Å². The predicted molar refractivity (Wildman–Crippen MR) is 137 cm³/mol. The first-order valence-corrected chi connectivity index (χ1v) is 13.1. The van der Waals surface area contributed by atoms with Gasteiger partial charge in [-0.25, -0.2) is 8.42 Å². The number of nitrogens with zero attached hydrogens (tertiary/aromatic N) is 1. The molecule has 9 heteroatoms. The van der Waals surface area contributed by atoms with Crippen molar-refractivity contribution in [1.29, 1.82) is 0 Å². The Morgan fingerprint density at radius 1 is 0.972 bits per heavy atom. The number of rotatable bonds is 9. The second-order valence-corrected chi connectivity index (χ2v) is 10.4. The normalized spacial score (nSPS) is 13.0. The van der Waals surface area contributed by atoms with Crippen LogP contribution < -0.4 is 23.8 Å². The number of benzene rings is 3. The Bertz CT molecular complexity index is 1360. The summed E-state index contributed by atoms with van der Waals surface area (Å²) in [5.41, 5.74) is 3.25. The molecule has 4 rings (SSSR count). The zero-order chi connectivity index (χ0) is 25.7. The minimum Gasteiger partial charge on any atom is -0.493 e. The summed E-state index contributed by atoms with van der Waals surface area (Å²) < 4.78 is 44.4. The Hall–Kier alpha value is -3.72. The van der Waals surface area contributed by atoms with E-state index in [9.17, 15) is 13.2 Å². The third kappa shape index (κ3) is 5.41. The van der Waals surface area contributed by atoms with E-state index >= 15 is 0 Å². The zero-order valence-electron chi connectivity index (χ0n) is 20.6.